The molecular formula is C15H10ClNO4. The van der Waals surface area contributed by atoms with Crippen LogP contribution >= 0.6 is 11.6 Å². The quantitative estimate of drug-likeness (QED) is 0.755. The predicted octanol–water partition coefficient (Wildman–Crippen LogP) is 2.97. The fourth-order valence-corrected chi connectivity index (χ4v) is 2.09. The molecule has 0 saturated carbocycles. The Morgan fingerprint density at radius 1 is 1.14 bits per heavy atom. The molecule has 0 saturated heterocycles. The standard InChI is InChI=1S/C15H10ClNO4/c16-13-6-5-10(20-13)8-17-14(18)11-7-9-3-1-2-4-12(9)21-15(11)19/h1-7H,8H2,(H,17,18). The lowest BCUT2D eigenvalue weighted by atomic mass is 10.2. The zero-order valence-corrected chi connectivity index (χ0v) is 11.5. The van der Waals surface area contributed by atoms with E-state index in [0.717, 1.165) is 0 Å². The number of rotatable bonds is 3. The molecule has 0 aliphatic heterocycles. The third-order valence-corrected chi connectivity index (χ3v) is 3.14. The molecule has 0 aliphatic rings. The van der Waals surface area contributed by atoms with Gasteiger partial charge in [0.25, 0.3) is 5.91 Å². The lowest BCUT2D eigenvalue weighted by Gasteiger charge is -2.03. The van der Waals surface area contributed by atoms with Crippen LogP contribution in [0, 0.1) is 0 Å². The van der Waals surface area contributed by atoms with E-state index < -0.39 is 11.5 Å². The largest absolute Gasteiger partial charge is 0.448 e. The van der Waals surface area contributed by atoms with Gasteiger partial charge in [0.2, 0.25) is 0 Å². The van der Waals surface area contributed by atoms with Crippen molar-refractivity contribution in [2.45, 2.75) is 6.54 Å². The molecule has 2 heterocycles. The van der Waals surface area contributed by atoms with Crippen LogP contribution in [-0.4, -0.2) is 5.91 Å². The van der Waals surface area contributed by atoms with Gasteiger partial charge in [-0.25, -0.2) is 4.79 Å². The minimum absolute atomic E-state index is 0.0497. The molecule has 21 heavy (non-hydrogen) atoms. The van der Waals surface area contributed by atoms with Gasteiger partial charge in [-0.2, -0.15) is 0 Å². The molecule has 5 nitrogen and oxygen atoms in total. The fraction of sp³-hybridized carbons (Fsp3) is 0.0667. The highest BCUT2D eigenvalue weighted by molar-refractivity contribution is 6.28. The first-order valence-electron chi connectivity index (χ1n) is 6.19. The summed E-state index contributed by atoms with van der Waals surface area (Å²) < 4.78 is 10.2. The van der Waals surface area contributed by atoms with Crippen LogP contribution in [0.3, 0.4) is 0 Å². The predicted molar refractivity (Wildman–Crippen MR) is 77.4 cm³/mol. The highest BCUT2D eigenvalue weighted by Crippen LogP contribution is 2.14. The second kappa shape index (κ2) is 5.46. The van der Waals surface area contributed by atoms with Crippen molar-refractivity contribution >= 4 is 28.5 Å². The molecule has 1 amide bonds. The van der Waals surface area contributed by atoms with Crippen molar-refractivity contribution in [1.82, 2.24) is 5.32 Å². The number of halogens is 1. The van der Waals surface area contributed by atoms with Crippen LogP contribution in [0.5, 0.6) is 0 Å². The van der Waals surface area contributed by atoms with Gasteiger partial charge in [0.05, 0.1) is 6.54 Å². The molecule has 0 bridgehead atoms. The van der Waals surface area contributed by atoms with E-state index >= 15 is 0 Å². The average Bonchev–Trinajstić information content (AvgIpc) is 2.89. The number of hydrogen-bond acceptors (Lipinski definition) is 4. The Balaban J connectivity index is 1.84. The van der Waals surface area contributed by atoms with Gasteiger partial charge in [0.1, 0.15) is 16.9 Å². The minimum Gasteiger partial charge on any atom is -0.448 e. The first-order chi connectivity index (χ1) is 10.1. The van der Waals surface area contributed by atoms with Gasteiger partial charge in [0.15, 0.2) is 5.22 Å². The third-order valence-electron chi connectivity index (χ3n) is 2.94. The summed E-state index contributed by atoms with van der Waals surface area (Å²) in [6.45, 7) is 0.137. The van der Waals surface area contributed by atoms with Crippen LogP contribution in [0.4, 0.5) is 0 Å². The summed E-state index contributed by atoms with van der Waals surface area (Å²) in [4.78, 5) is 23.9. The molecule has 2 aromatic heterocycles. The molecule has 0 fully saturated rings. The zero-order valence-electron chi connectivity index (χ0n) is 10.8. The van der Waals surface area contributed by atoms with Gasteiger partial charge >= 0.3 is 5.63 Å². The van der Waals surface area contributed by atoms with Gasteiger partial charge in [-0.1, -0.05) is 18.2 Å². The van der Waals surface area contributed by atoms with Crippen molar-refractivity contribution < 1.29 is 13.6 Å². The summed E-state index contributed by atoms with van der Waals surface area (Å²) in [6.07, 6.45) is 0. The number of carbonyl (C=O) groups excluding carboxylic acids is 1. The van der Waals surface area contributed by atoms with Gasteiger partial charge in [0, 0.05) is 5.39 Å². The second-order valence-corrected chi connectivity index (χ2v) is 4.75. The SMILES string of the molecule is O=C(NCc1ccc(Cl)o1)c1cc2ccccc2oc1=O. The Hall–Kier alpha value is -2.53. The molecule has 3 rings (SSSR count). The fourth-order valence-electron chi connectivity index (χ4n) is 1.93. The van der Waals surface area contributed by atoms with E-state index in [1.807, 2.05) is 0 Å². The van der Waals surface area contributed by atoms with Crippen molar-refractivity contribution in [1.29, 1.82) is 0 Å². The molecule has 3 aromatic rings. The topological polar surface area (TPSA) is 72.5 Å². The highest BCUT2D eigenvalue weighted by Gasteiger charge is 2.13. The van der Waals surface area contributed by atoms with E-state index in [2.05, 4.69) is 5.32 Å². The first kappa shape index (κ1) is 13.5. The Labute approximate surface area is 124 Å². The Morgan fingerprint density at radius 3 is 2.71 bits per heavy atom. The maximum atomic E-state index is 12.0. The summed E-state index contributed by atoms with van der Waals surface area (Å²) in [5, 5.41) is 3.51. The average molecular weight is 304 g/mol. The van der Waals surface area contributed by atoms with Crippen molar-refractivity contribution in [3.8, 4) is 0 Å². The van der Waals surface area contributed by atoms with Crippen LogP contribution in [0.25, 0.3) is 11.0 Å². The Kier molecular flexibility index (Phi) is 3.50. The number of furan rings is 1. The maximum Gasteiger partial charge on any atom is 0.349 e. The summed E-state index contributed by atoms with van der Waals surface area (Å²) in [7, 11) is 0. The molecule has 0 atom stereocenters. The summed E-state index contributed by atoms with van der Waals surface area (Å²) >= 11 is 5.64. The molecule has 0 spiro atoms. The van der Waals surface area contributed by atoms with E-state index in [1.165, 1.54) is 6.07 Å². The number of para-hydroxylation sites is 1. The molecule has 0 radical (unpaired) electrons. The van der Waals surface area contributed by atoms with E-state index in [9.17, 15) is 9.59 Å². The lowest BCUT2D eigenvalue weighted by Crippen LogP contribution is -2.27. The Bertz CT molecular complexity index is 865. The lowest BCUT2D eigenvalue weighted by molar-refractivity contribution is 0.0944. The number of nitrogens with one attached hydrogen (secondary N) is 1. The van der Waals surface area contributed by atoms with Crippen LogP contribution in [0.15, 0.2) is 56.1 Å². The van der Waals surface area contributed by atoms with Crippen molar-refractivity contribution in [3.05, 3.63) is 69.4 Å². The van der Waals surface area contributed by atoms with Crippen LogP contribution < -0.4 is 10.9 Å². The van der Waals surface area contributed by atoms with Crippen LogP contribution in [0.2, 0.25) is 5.22 Å². The molecule has 0 aliphatic carbocycles. The Morgan fingerprint density at radius 2 is 1.95 bits per heavy atom. The van der Waals surface area contributed by atoms with E-state index in [1.54, 1.807) is 36.4 Å². The first-order valence-corrected chi connectivity index (χ1v) is 6.56. The molecule has 1 N–H and O–H groups in total. The van der Waals surface area contributed by atoms with E-state index in [0.29, 0.717) is 16.7 Å². The van der Waals surface area contributed by atoms with Crippen molar-refractivity contribution in [3.63, 3.8) is 0 Å². The van der Waals surface area contributed by atoms with Gasteiger partial charge in [-0.15, -0.1) is 0 Å². The van der Waals surface area contributed by atoms with Crippen molar-refractivity contribution in [2.75, 3.05) is 0 Å². The normalized spacial score (nSPS) is 10.7. The van der Waals surface area contributed by atoms with Gasteiger partial charge < -0.3 is 14.2 Å². The smallest absolute Gasteiger partial charge is 0.349 e. The third kappa shape index (κ3) is 2.83. The van der Waals surface area contributed by atoms with E-state index in [4.69, 9.17) is 20.4 Å². The summed E-state index contributed by atoms with van der Waals surface area (Å²) in [5.41, 5.74) is -0.285. The summed E-state index contributed by atoms with van der Waals surface area (Å²) in [5.74, 6) is -0.0273. The maximum absolute atomic E-state index is 12.0. The van der Waals surface area contributed by atoms with Gasteiger partial charge in [-0.05, 0) is 35.9 Å². The van der Waals surface area contributed by atoms with Crippen LogP contribution in [-0.2, 0) is 6.54 Å². The number of carbonyl (C=O) groups is 1. The van der Waals surface area contributed by atoms with E-state index in [-0.39, 0.29) is 17.3 Å². The second-order valence-electron chi connectivity index (χ2n) is 4.37. The van der Waals surface area contributed by atoms with Gasteiger partial charge in [-0.3, -0.25) is 4.79 Å². The number of hydrogen-bond donors (Lipinski definition) is 1. The molecular weight excluding hydrogens is 294 g/mol. The van der Waals surface area contributed by atoms with Crippen molar-refractivity contribution in [2.24, 2.45) is 0 Å². The monoisotopic (exact) mass is 303 g/mol. The number of fused-ring (bicyclic) bond motifs is 1. The highest BCUT2D eigenvalue weighted by atomic mass is 35.5. The van der Waals surface area contributed by atoms with Crippen LogP contribution in [0.1, 0.15) is 16.1 Å². The summed E-state index contributed by atoms with van der Waals surface area (Å²) in [6, 6.07) is 11.7. The molecule has 6 heteroatoms. The molecule has 106 valence electrons. The number of benzene rings is 1. The molecule has 1 aromatic carbocycles. The number of amides is 1. The zero-order chi connectivity index (χ0) is 14.8. The minimum atomic E-state index is -0.677. The molecule has 0 unspecified atom stereocenters.